The van der Waals surface area contributed by atoms with E-state index in [0.717, 1.165) is 5.56 Å². The molecule has 0 aromatic heterocycles. The topological polar surface area (TPSA) is 72.5 Å². The number of carbonyl (C=O) groups excluding carboxylic acids is 3. The molecule has 0 spiro atoms. The lowest BCUT2D eigenvalue weighted by atomic mass is 9.87. The van der Waals surface area contributed by atoms with Crippen molar-refractivity contribution >= 4 is 23.3 Å². The van der Waals surface area contributed by atoms with E-state index >= 15 is 0 Å². The molecule has 0 saturated carbocycles. The van der Waals surface area contributed by atoms with E-state index in [9.17, 15) is 14.4 Å². The number of carbonyl (C=O) groups is 3. The van der Waals surface area contributed by atoms with Crippen LogP contribution in [0.5, 0.6) is 0 Å². The molecular weight excluding hydrogens is 330 g/mol. The first-order valence-electron chi connectivity index (χ1n) is 8.35. The van der Waals surface area contributed by atoms with Gasteiger partial charge >= 0.3 is 5.97 Å². The van der Waals surface area contributed by atoms with Gasteiger partial charge in [0.15, 0.2) is 12.4 Å². The number of ether oxygens (including phenoxy) is 1. The first-order valence-corrected chi connectivity index (χ1v) is 8.35. The number of esters is 1. The first-order chi connectivity index (χ1) is 12.2. The fraction of sp³-hybridized carbons (Fsp3) is 0.286. The van der Waals surface area contributed by atoms with Crippen molar-refractivity contribution in [2.24, 2.45) is 0 Å². The third kappa shape index (κ3) is 5.28. The Balaban J connectivity index is 1.88. The van der Waals surface area contributed by atoms with Crippen molar-refractivity contribution in [1.82, 2.24) is 0 Å². The Morgan fingerprint density at radius 2 is 1.42 bits per heavy atom. The molecule has 0 aliphatic carbocycles. The molecule has 0 aliphatic heterocycles. The number of ketones is 1. The van der Waals surface area contributed by atoms with Crippen molar-refractivity contribution in [3.63, 3.8) is 0 Å². The summed E-state index contributed by atoms with van der Waals surface area (Å²) in [6.45, 7) is 7.37. The summed E-state index contributed by atoms with van der Waals surface area (Å²) in [6.07, 6.45) is 0. The Morgan fingerprint density at radius 1 is 0.885 bits per heavy atom. The highest BCUT2D eigenvalue weighted by atomic mass is 16.5. The summed E-state index contributed by atoms with van der Waals surface area (Å²) in [5.74, 6) is -1.04. The first kappa shape index (κ1) is 19.4. The second kappa shape index (κ2) is 7.95. The minimum absolute atomic E-state index is 0.000256. The van der Waals surface area contributed by atoms with E-state index in [1.54, 1.807) is 36.4 Å². The van der Waals surface area contributed by atoms with E-state index in [4.69, 9.17) is 4.74 Å². The highest BCUT2D eigenvalue weighted by Gasteiger charge is 2.15. The molecule has 1 amide bonds. The summed E-state index contributed by atoms with van der Waals surface area (Å²) < 4.78 is 5.04. The fourth-order valence-electron chi connectivity index (χ4n) is 2.31. The van der Waals surface area contributed by atoms with Gasteiger partial charge in [-0.25, -0.2) is 4.79 Å². The van der Waals surface area contributed by atoms with Crippen LogP contribution in [0.1, 0.15) is 54.0 Å². The van der Waals surface area contributed by atoms with Crippen molar-refractivity contribution in [2.45, 2.75) is 33.1 Å². The average Bonchev–Trinajstić information content (AvgIpc) is 2.59. The van der Waals surface area contributed by atoms with Crippen LogP contribution in [0.15, 0.2) is 48.5 Å². The van der Waals surface area contributed by atoms with Gasteiger partial charge in [0.25, 0.3) is 5.91 Å². The van der Waals surface area contributed by atoms with Crippen LogP contribution in [0.2, 0.25) is 0 Å². The van der Waals surface area contributed by atoms with Crippen molar-refractivity contribution < 1.29 is 19.1 Å². The van der Waals surface area contributed by atoms with Crippen LogP contribution >= 0.6 is 0 Å². The number of benzene rings is 2. The predicted molar refractivity (Wildman–Crippen MR) is 101 cm³/mol. The Bertz CT molecular complexity index is 799. The maximum atomic E-state index is 12.0. The molecule has 0 bridgehead atoms. The van der Waals surface area contributed by atoms with Crippen molar-refractivity contribution in [3.8, 4) is 0 Å². The fourth-order valence-corrected chi connectivity index (χ4v) is 2.31. The van der Waals surface area contributed by atoms with Gasteiger partial charge in [0.05, 0.1) is 5.56 Å². The van der Waals surface area contributed by atoms with Crippen LogP contribution in [0, 0.1) is 0 Å². The molecule has 2 rings (SSSR count). The molecule has 0 saturated heterocycles. The third-order valence-corrected chi connectivity index (χ3v) is 3.90. The largest absolute Gasteiger partial charge is 0.452 e. The molecule has 0 unspecified atom stereocenters. The van der Waals surface area contributed by atoms with Gasteiger partial charge in [-0.05, 0) is 54.3 Å². The Hall–Kier alpha value is -2.95. The number of nitrogens with one attached hydrogen (secondary N) is 1. The molecule has 5 heteroatoms. The Labute approximate surface area is 153 Å². The molecule has 5 nitrogen and oxygen atoms in total. The van der Waals surface area contributed by atoms with Gasteiger partial charge in [0.1, 0.15) is 0 Å². The standard InChI is InChI=1S/C21H23NO4/c1-14(23)15-7-11-18(12-8-15)22-19(24)13-26-20(25)16-5-9-17(10-6-16)21(2,3)4/h5-12H,13H2,1-4H3,(H,22,24). The molecule has 2 aromatic rings. The summed E-state index contributed by atoms with van der Waals surface area (Å²) in [5, 5.41) is 2.62. The smallest absolute Gasteiger partial charge is 0.338 e. The van der Waals surface area contributed by atoms with E-state index in [2.05, 4.69) is 26.1 Å². The minimum Gasteiger partial charge on any atom is -0.452 e. The van der Waals surface area contributed by atoms with Gasteiger partial charge in [-0.3, -0.25) is 9.59 Å². The Morgan fingerprint density at radius 3 is 1.92 bits per heavy atom. The molecule has 26 heavy (non-hydrogen) atoms. The minimum atomic E-state index is -0.549. The summed E-state index contributed by atoms with van der Waals surface area (Å²) in [4.78, 5) is 35.2. The molecular formula is C21H23NO4. The van der Waals surface area contributed by atoms with Gasteiger partial charge in [-0.2, -0.15) is 0 Å². The normalized spacial score (nSPS) is 10.9. The van der Waals surface area contributed by atoms with Crippen LogP contribution in [0.4, 0.5) is 5.69 Å². The van der Waals surface area contributed by atoms with Crippen molar-refractivity contribution in [1.29, 1.82) is 0 Å². The van der Waals surface area contributed by atoms with Gasteiger partial charge in [-0.15, -0.1) is 0 Å². The van der Waals surface area contributed by atoms with Crippen LogP contribution in [0.3, 0.4) is 0 Å². The van der Waals surface area contributed by atoms with E-state index in [1.807, 2.05) is 12.1 Å². The maximum absolute atomic E-state index is 12.0. The zero-order chi connectivity index (χ0) is 19.3. The maximum Gasteiger partial charge on any atom is 0.338 e. The lowest BCUT2D eigenvalue weighted by Gasteiger charge is -2.18. The number of rotatable bonds is 5. The molecule has 2 aromatic carbocycles. The second-order valence-electron chi connectivity index (χ2n) is 7.09. The van der Waals surface area contributed by atoms with Crippen LogP contribution in [0.25, 0.3) is 0 Å². The molecule has 0 radical (unpaired) electrons. The molecule has 1 N–H and O–H groups in total. The van der Waals surface area contributed by atoms with Gasteiger partial charge in [0.2, 0.25) is 0 Å². The average molecular weight is 353 g/mol. The monoisotopic (exact) mass is 353 g/mol. The molecule has 0 aliphatic rings. The van der Waals surface area contributed by atoms with Gasteiger partial charge < -0.3 is 10.1 Å². The summed E-state index contributed by atoms with van der Waals surface area (Å²) in [7, 11) is 0. The number of Topliss-reactive ketones (excluding diaryl/α,β-unsaturated/α-hetero) is 1. The number of hydrogen-bond acceptors (Lipinski definition) is 4. The summed E-state index contributed by atoms with van der Waals surface area (Å²) >= 11 is 0. The van der Waals surface area contributed by atoms with E-state index in [-0.39, 0.29) is 17.8 Å². The predicted octanol–water partition coefficient (Wildman–Crippen LogP) is 3.98. The van der Waals surface area contributed by atoms with Gasteiger partial charge in [0, 0.05) is 11.3 Å². The van der Waals surface area contributed by atoms with Crippen molar-refractivity contribution in [2.75, 3.05) is 11.9 Å². The van der Waals surface area contributed by atoms with E-state index < -0.39 is 11.9 Å². The van der Waals surface area contributed by atoms with E-state index in [0.29, 0.717) is 16.8 Å². The molecule has 0 heterocycles. The third-order valence-electron chi connectivity index (χ3n) is 3.90. The lowest BCUT2D eigenvalue weighted by Crippen LogP contribution is -2.21. The van der Waals surface area contributed by atoms with Crippen LogP contribution in [-0.4, -0.2) is 24.3 Å². The summed E-state index contributed by atoms with van der Waals surface area (Å²) in [6, 6.07) is 13.7. The van der Waals surface area contributed by atoms with E-state index in [1.165, 1.54) is 6.92 Å². The highest BCUT2D eigenvalue weighted by Crippen LogP contribution is 2.22. The van der Waals surface area contributed by atoms with Crippen molar-refractivity contribution in [3.05, 3.63) is 65.2 Å². The highest BCUT2D eigenvalue weighted by molar-refractivity contribution is 5.97. The Kier molecular flexibility index (Phi) is 5.93. The zero-order valence-corrected chi connectivity index (χ0v) is 15.5. The number of anilines is 1. The molecule has 0 atom stereocenters. The number of amides is 1. The zero-order valence-electron chi connectivity index (χ0n) is 15.5. The molecule has 136 valence electrons. The summed E-state index contributed by atoms with van der Waals surface area (Å²) in [5.41, 5.74) is 2.61. The quantitative estimate of drug-likeness (QED) is 0.652. The van der Waals surface area contributed by atoms with Gasteiger partial charge in [-0.1, -0.05) is 32.9 Å². The van der Waals surface area contributed by atoms with Crippen LogP contribution < -0.4 is 5.32 Å². The number of hydrogen-bond donors (Lipinski definition) is 1. The lowest BCUT2D eigenvalue weighted by molar-refractivity contribution is -0.119. The van der Waals surface area contributed by atoms with Crippen LogP contribution in [-0.2, 0) is 14.9 Å². The second-order valence-corrected chi connectivity index (χ2v) is 7.09. The molecule has 0 fully saturated rings. The SMILES string of the molecule is CC(=O)c1ccc(NC(=O)COC(=O)c2ccc(C(C)(C)C)cc2)cc1.